The van der Waals surface area contributed by atoms with Crippen LogP contribution in [0, 0.1) is 0 Å². The minimum Gasteiger partial charge on any atom is -0.463 e. The summed E-state index contributed by atoms with van der Waals surface area (Å²) in [5.74, 6) is 0.211. The summed E-state index contributed by atoms with van der Waals surface area (Å²) in [6.45, 7) is 7.26. The number of amides is 2. The minimum atomic E-state index is -0.613. The van der Waals surface area contributed by atoms with Gasteiger partial charge in [-0.05, 0) is 86.2 Å². The molecule has 2 aromatic carbocycles. The number of rotatable bonds is 17. The van der Waals surface area contributed by atoms with E-state index in [-0.39, 0.29) is 6.03 Å². The van der Waals surface area contributed by atoms with Crippen LogP contribution < -0.4 is 20.7 Å². The number of urea groups is 1. The number of ether oxygens (including phenoxy) is 3. The van der Waals surface area contributed by atoms with Crippen LogP contribution in [0.5, 0.6) is 5.75 Å². The van der Waals surface area contributed by atoms with Gasteiger partial charge in [0.15, 0.2) is 0 Å². The highest BCUT2D eigenvalue weighted by Crippen LogP contribution is 2.32. The first-order chi connectivity index (χ1) is 20.9. The van der Waals surface area contributed by atoms with Crippen LogP contribution in [0.4, 0.5) is 16.2 Å². The van der Waals surface area contributed by atoms with Crippen molar-refractivity contribution in [3.63, 3.8) is 0 Å². The number of benzene rings is 2. The largest absolute Gasteiger partial charge is 0.463 e. The van der Waals surface area contributed by atoms with Gasteiger partial charge in [0.1, 0.15) is 5.75 Å². The van der Waals surface area contributed by atoms with E-state index in [4.69, 9.17) is 14.2 Å². The number of hydrogen-bond donors (Lipinski definition) is 4. The number of unbranched alkanes of at least 4 members (excludes halogenated alkanes) is 4. The Morgan fingerprint density at radius 1 is 0.977 bits per heavy atom. The Labute approximate surface area is 255 Å². The van der Waals surface area contributed by atoms with Gasteiger partial charge in [0.05, 0.1) is 24.6 Å². The van der Waals surface area contributed by atoms with Gasteiger partial charge in [-0.1, -0.05) is 31.0 Å². The summed E-state index contributed by atoms with van der Waals surface area (Å²) >= 11 is 0. The lowest BCUT2D eigenvalue weighted by Crippen LogP contribution is -2.35. The number of nitrogens with zero attached hydrogens (tertiary/aromatic N) is 1. The molecule has 0 radical (unpaired) electrons. The maximum Gasteiger partial charge on any atom is 0.323 e. The molecule has 0 spiro atoms. The normalized spacial score (nSPS) is 14.4. The Bertz CT molecular complexity index is 1270. The molecule has 1 aliphatic heterocycles. The van der Waals surface area contributed by atoms with Crippen LogP contribution in [0.3, 0.4) is 0 Å². The van der Waals surface area contributed by atoms with Crippen LogP contribution in [0.15, 0.2) is 67.0 Å². The van der Waals surface area contributed by atoms with Gasteiger partial charge in [0, 0.05) is 51.1 Å². The number of aryl methyl sites for hydroxylation is 1. The fourth-order valence-corrected chi connectivity index (χ4v) is 4.90. The van der Waals surface area contributed by atoms with E-state index in [1.165, 1.54) is 5.56 Å². The number of nitrogens with one attached hydrogen (secondary N) is 3. The lowest BCUT2D eigenvalue weighted by molar-refractivity contribution is -0.180. The molecule has 0 saturated heterocycles. The lowest BCUT2D eigenvalue weighted by Gasteiger charge is -2.33. The molecule has 9 heteroatoms. The zero-order valence-electron chi connectivity index (χ0n) is 25.4. The van der Waals surface area contributed by atoms with Crippen molar-refractivity contribution in [1.82, 2.24) is 10.3 Å². The van der Waals surface area contributed by atoms with Crippen molar-refractivity contribution >= 4 is 17.4 Å². The number of carbonyl (C=O) groups excluding carboxylic acids is 1. The zero-order valence-corrected chi connectivity index (χ0v) is 25.4. The molecular formula is C34H46N4O5. The van der Waals surface area contributed by atoms with Gasteiger partial charge in [-0.3, -0.25) is 4.98 Å². The van der Waals surface area contributed by atoms with Gasteiger partial charge in [0.2, 0.25) is 5.79 Å². The number of aliphatic hydroxyl groups excluding tert-OH is 1. The molecule has 0 bridgehead atoms. The summed E-state index contributed by atoms with van der Waals surface area (Å²) in [4.78, 5) is 16.2. The predicted molar refractivity (Wildman–Crippen MR) is 169 cm³/mol. The van der Waals surface area contributed by atoms with E-state index in [0.717, 1.165) is 87.3 Å². The first kappa shape index (κ1) is 32.4. The molecule has 2 amide bonds. The lowest BCUT2D eigenvalue weighted by atomic mass is 10.0. The molecule has 1 atom stereocenters. The average molecular weight is 591 g/mol. The molecule has 4 N–H and O–H groups in total. The Morgan fingerprint density at radius 2 is 1.77 bits per heavy atom. The van der Waals surface area contributed by atoms with Gasteiger partial charge >= 0.3 is 6.03 Å². The summed E-state index contributed by atoms with van der Waals surface area (Å²) in [7, 11) is 0. The monoisotopic (exact) mass is 590 g/mol. The summed E-state index contributed by atoms with van der Waals surface area (Å²) in [6, 6.07) is 17.1. The summed E-state index contributed by atoms with van der Waals surface area (Å²) in [6.07, 6.45) is 10.1. The number of aliphatic hydroxyl groups is 1. The van der Waals surface area contributed by atoms with Crippen LogP contribution >= 0.6 is 0 Å². The van der Waals surface area contributed by atoms with E-state index in [1.54, 1.807) is 24.5 Å². The summed E-state index contributed by atoms with van der Waals surface area (Å²) in [5.41, 5.74) is 4.46. The molecule has 0 unspecified atom stereocenters. The van der Waals surface area contributed by atoms with Gasteiger partial charge in [-0.15, -0.1) is 0 Å². The molecule has 1 aromatic heterocycles. The molecule has 0 aliphatic carbocycles. The van der Waals surface area contributed by atoms with Crippen molar-refractivity contribution in [3.05, 3.63) is 83.7 Å². The van der Waals surface area contributed by atoms with Gasteiger partial charge < -0.3 is 35.3 Å². The Morgan fingerprint density at radius 3 is 2.60 bits per heavy atom. The highest BCUT2D eigenvalue weighted by Gasteiger charge is 2.27. The SMILES string of the molecule is CC1(C)OCc2cc([C@H](O)CNCCCCCCOCCCCc3cccc(NC(=O)Nc4cccnc4)c3)ccc2O1. The number of aromatic nitrogens is 1. The molecule has 4 rings (SSSR count). The van der Waals surface area contributed by atoms with Crippen LogP contribution in [0.25, 0.3) is 0 Å². The maximum atomic E-state index is 12.2. The van der Waals surface area contributed by atoms with Crippen LogP contribution in [0.2, 0.25) is 0 Å². The van der Waals surface area contributed by atoms with Gasteiger partial charge in [0.25, 0.3) is 0 Å². The predicted octanol–water partition coefficient (Wildman–Crippen LogP) is 6.59. The van der Waals surface area contributed by atoms with Crippen molar-refractivity contribution in [2.24, 2.45) is 0 Å². The van der Waals surface area contributed by atoms with Crippen LogP contribution in [-0.2, 0) is 22.5 Å². The molecule has 0 saturated carbocycles. The average Bonchev–Trinajstić information content (AvgIpc) is 2.99. The van der Waals surface area contributed by atoms with Crippen molar-refractivity contribution in [2.75, 3.05) is 36.9 Å². The van der Waals surface area contributed by atoms with Crippen molar-refractivity contribution in [3.8, 4) is 5.75 Å². The first-order valence-corrected chi connectivity index (χ1v) is 15.4. The standard InChI is InChI=1S/C34H46N4O5/c1-34(2)42-25-28-22-27(15-16-32(28)43-34)31(39)24-36-17-6-3-4-7-19-41-20-8-5-11-26-12-9-13-29(21-26)37-33(40)38-30-14-10-18-35-23-30/h9-10,12-16,18,21-23,31,36,39H,3-8,11,17,19-20,24-25H2,1-2H3,(H2,37,38,40)/t31-/m1/s1. The number of anilines is 2. The third-order valence-corrected chi connectivity index (χ3v) is 7.24. The van der Waals surface area contributed by atoms with Gasteiger partial charge in [-0.2, -0.15) is 0 Å². The third-order valence-electron chi connectivity index (χ3n) is 7.24. The topological polar surface area (TPSA) is 114 Å². The summed E-state index contributed by atoms with van der Waals surface area (Å²) in [5, 5.41) is 19.6. The van der Waals surface area contributed by atoms with E-state index in [1.807, 2.05) is 50.2 Å². The fourth-order valence-electron chi connectivity index (χ4n) is 4.90. The second-order valence-corrected chi connectivity index (χ2v) is 11.4. The quantitative estimate of drug-likeness (QED) is 0.131. The first-order valence-electron chi connectivity index (χ1n) is 15.4. The van der Waals surface area contributed by atoms with Crippen molar-refractivity contribution < 1.29 is 24.1 Å². The summed E-state index contributed by atoms with van der Waals surface area (Å²) < 4.78 is 17.4. The molecular weight excluding hydrogens is 544 g/mol. The Balaban J connectivity index is 0.970. The van der Waals surface area contributed by atoms with E-state index in [9.17, 15) is 9.90 Å². The number of pyridine rings is 1. The number of fused-ring (bicyclic) bond motifs is 1. The smallest absolute Gasteiger partial charge is 0.323 e. The maximum absolute atomic E-state index is 12.2. The molecule has 1 aliphatic rings. The van der Waals surface area contributed by atoms with Crippen LogP contribution in [-0.4, -0.2) is 48.2 Å². The number of carbonyl (C=O) groups is 1. The van der Waals surface area contributed by atoms with Crippen molar-refractivity contribution in [2.45, 2.75) is 77.3 Å². The third kappa shape index (κ3) is 11.6. The molecule has 2 heterocycles. The van der Waals surface area contributed by atoms with E-state index in [0.29, 0.717) is 18.8 Å². The Kier molecular flexibility index (Phi) is 12.8. The highest BCUT2D eigenvalue weighted by molar-refractivity contribution is 5.99. The van der Waals surface area contributed by atoms with E-state index in [2.05, 4.69) is 27.0 Å². The minimum absolute atomic E-state index is 0.286. The van der Waals surface area contributed by atoms with Gasteiger partial charge in [-0.25, -0.2) is 4.79 Å². The second-order valence-electron chi connectivity index (χ2n) is 11.4. The molecule has 43 heavy (non-hydrogen) atoms. The molecule has 0 fully saturated rings. The fraction of sp³-hybridized carbons (Fsp3) is 0.471. The van der Waals surface area contributed by atoms with E-state index >= 15 is 0 Å². The van der Waals surface area contributed by atoms with Crippen LogP contribution in [0.1, 0.15) is 75.2 Å². The zero-order chi connectivity index (χ0) is 30.3. The molecule has 9 nitrogen and oxygen atoms in total. The molecule has 232 valence electrons. The van der Waals surface area contributed by atoms with Crippen molar-refractivity contribution in [1.29, 1.82) is 0 Å². The van der Waals surface area contributed by atoms with E-state index < -0.39 is 11.9 Å². The Hall–Kier alpha value is -3.50. The second kappa shape index (κ2) is 17.0. The highest BCUT2D eigenvalue weighted by atomic mass is 16.7. The molecule has 3 aromatic rings. The number of hydrogen-bond acceptors (Lipinski definition) is 7.